The van der Waals surface area contributed by atoms with E-state index in [2.05, 4.69) is 22.6 Å². The van der Waals surface area contributed by atoms with Gasteiger partial charge in [-0.1, -0.05) is 18.6 Å². The molecule has 0 radical (unpaired) electrons. The molecule has 1 aliphatic heterocycles. The number of nitrogens with zero attached hydrogens (tertiary/aromatic N) is 2. The topological polar surface area (TPSA) is 83.4 Å². The second kappa shape index (κ2) is 10.2. The Kier molecular flexibility index (Phi) is 7.35. The standard InChI is InChI=1S/C22H27FN4O3/c1-26-11-3-2-4-19(26)13-24-20(28)15-27-14-17(7-10-21(27)29)22(30)25-12-16-5-8-18(23)9-6-16/h5-10,14,19H,2-4,11-13,15H2,1H3,(H,24,28)(H,25,30)/t19-/m1/s1. The van der Waals surface area contributed by atoms with Crippen LogP contribution in [-0.2, 0) is 17.9 Å². The van der Waals surface area contributed by atoms with Gasteiger partial charge in [0.1, 0.15) is 12.4 Å². The Morgan fingerprint density at radius 1 is 1.10 bits per heavy atom. The van der Waals surface area contributed by atoms with Crippen molar-refractivity contribution in [1.29, 1.82) is 0 Å². The molecule has 1 fully saturated rings. The van der Waals surface area contributed by atoms with E-state index in [1.54, 1.807) is 12.1 Å². The van der Waals surface area contributed by atoms with Crippen molar-refractivity contribution in [2.24, 2.45) is 0 Å². The number of amides is 2. The molecule has 2 heterocycles. The molecule has 0 unspecified atom stereocenters. The molecule has 0 saturated carbocycles. The summed E-state index contributed by atoms with van der Waals surface area (Å²) >= 11 is 0. The average Bonchev–Trinajstić information content (AvgIpc) is 2.74. The smallest absolute Gasteiger partial charge is 0.253 e. The van der Waals surface area contributed by atoms with Gasteiger partial charge in [-0.2, -0.15) is 0 Å². The quantitative estimate of drug-likeness (QED) is 0.720. The summed E-state index contributed by atoms with van der Waals surface area (Å²) < 4.78 is 14.2. The third-order valence-electron chi connectivity index (χ3n) is 5.38. The molecule has 1 aliphatic rings. The van der Waals surface area contributed by atoms with E-state index in [4.69, 9.17) is 0 Å². The minimum absolute atomic E-state index is 0.144. The Morgan fingerprint density at radius 3 is 2.60 bits per heavy atom. The van der Waals surface area contributed by atoms with Crippen molar-refractivity contribution in [3.63, 3.8) is 0 Å². The molecule has 0 aliphatic carbocycles. The molecule has 1 atom stereocenters. The van der Waals surface area contributed by atoms with E-state index in [0.29, 0.717) is 12.6 Å². The first-order valence-corrected chi connectivity index (χ1v) is 10.1. The Hall–Kier alpha value is -3.00. The molecule has 0 spiro atoms. The van der Waals surface area contributed by atoms with Gasteiger partial charge in [0.05, 0.1) is 5.56 Å². The summed E-state index contributed by atoms with van der Waals surface area (Å²) in [5.74, 6) is -0.984. The molecule has 1 aromatic carbocycles. The number of hydrogen-bond acceptors (Lipinski definition) is 4. The first kappa shape index (κ1) is 21.7. The zero-order chi connectivity index (χ0) is 21.5. The SMILES string of the molecule is CN1CCCC[C@@H]1CNC(=O)Cn1cc(C(=O)NCc2ccc(F)cc2)ccc1=O. The van der Waals surface area contributed by atoms with Gasteiger partial charge in [0, 0.05) is 31.4 Å². The lowest BCUT2D eigenvalue weighted by Crippen LogP contribution is -2.45. The monoisotopic (exact) mass is 414 g/mol. The molecule has 30 heavy (non-hydrogen) atoms. The van der Waals surface area contributed by atoms with E-state index in [0.717, 1.165) is 24.9 Å². The Morgan fingerprint density at radius 2 is 1.87 bits per heavy atom. The fourth-order valence-electron chi connectivity index (χ4n) is 3.52. The number of carbonyl (C=O) groups is 2. The van der Waals surface area contributed by atoms with Crippen molar-refractivity contribution in [2.75, 3.05) is 20.1 Å². The van der Waals surface area contributed by atoms with Crippen LogP contribution in [0.5, 0.6) is 0 Å². The second-order valence-corrected chi connectivity index (χ2v) is 7.63. The molecule has 2 aromatic rings. The number of pyridine rings is 1. The zero-order valence-corrected chi connectivity index (χ0v) is 17.1. The highest BCUT2D eigenvalue weighted by Gasteiger charge is 2.19. The maximum Gasteiger partial charge on any atom is 0.253 e. The van der Waals surface area contributed by atoms with E-state index in [-0.39, 0.29) is 41.8 Å². The van der Waals surface area contributed by atoms with E-state index in [9.17, 15) is 18.8 Å². The minimum Gasteiger partial charge on any atom is -0.353 e. The molecular formula is C22H27FN4O3. The van der Waals surface area contributed by atoms with Crippen LogP contribution in [0.1, 0.15) is 35.2 Å². The molecular weight excluding hydrogens is 387 g/mol. The fraction of sp³-hybridized carbons (Fsp3) is 0.409. The van der Waals surface area contributed by atoms with Crippen LogP contribution in [0.15, 0.2) is 47.4 Å². The normalized spacial score (nSPS) is 16.8. The minimum atomic E-state index is -0.377. The molecule has 7 nitrogen and oxygen atoms in total. The van der Waals surface area contributed by atoms with Crippen LogP contribution >= 0.6 is 0 Å². The van der Waals surface area contributed by atoms with E-state index in [1.807, 2.05) is 0 Å². The summed E-state index contributed by atoms with van der Waals surface area (Å²) in [6.45, 7) is 1.65. The van der Waals surface area contributed by atoms with Gasteiger partial charge in [0.2, 0.25) is 5.91 Å². The van der Waals surface area contributed by atoms with Gasteiger partial charge in [0.15, 0.2) is 0 Å². The molecule has 8 heteroatoms. The van der Waals surface area contributed by atoms with Gasteiger partial charge in [-0.25, -0.2) is 4.39 Å². The number of piperidine rings is 1. The number of hydrogen-bond donors (Lipinski definition) is 2. The fourth-order valence-corrected chi connectivity index (χ4v) is 3.52. The first-order chi connectivity index (χ1) is 14.4. The van der Waals surface area contributed by atoms with Gasteiger partial charge < -0.3 is 20.1 Å². The van der Waals surface area contributed by atoms with E-state index >= 15 is 0 Å². The van der Waals surface area contributed by atoms with Crippen LogP contribution in [-0.4, -0.2) is 47.5 Å². The highest BCUT2D eigenvalue weighted by atomic mass is 19.1. The number of rotatable bonds is 7. The van der Waals surface area contributed by atoms with Crippen molar-refractivity contribution in [2.45, 2.75) is 38.4 Å². The van der Waals surface area contributed by atoms with Gasteiger partial charge in [-0.05, 0) is 50.2 Å². The molecule has 2 amide bonds. The third kappa shape index (κ3) is 6.00. The highest BCUT2D eigenvalue weighted by Crippen LogP contribution is 2.13. The summed E-state index contributed by atoms with van der Waals surface area (Å²) in [6, 6.07) is 8.83. The Bertz CT molecular complexity index is 942. The van der Waals surface area contributed by atoms with Crippen molar-refractivity contribution in [3.05, 3.63) is 69.9 Å². The average molecular weight is 414 g/mol. The number of nitrogens with one attached hydrogen (secondary N) is 2. The lowest BCUT2D eigenvalue weighted by molar-refractivity contribution is -0.122. The second-order valence-electron chi connectivity index (χ2n) is 7.63. The van der Waals surface area contributed by atoms with Gasteiger partial charge in [0.25, 0.3) is 11.5 Å². The van der Waals surface area contributed by atoms with Crippen LogP contribution in [0.3, 0.4) is 0 Å². The van der Waals surface area contributed by atoms with Crippen molar-refractivity contribution >= 4 is 11.8 Å². The Labute approximate surface area is 174 Å². The Balaban J connectivity index is 1.55. The highest BCUT2D eigenvalue weighted by molar-refractivity contribution is 5.93. The molecule has 1 saturated heterocycles. The lowest BCUT2D eigenvalue weighted by Gasteiger charge is -2.32. The molecule has 2 N–H and O–H groups in total. The molecule has 3 rings (SSSR count). The van der Waals surface area contributed by atoms with Crippen molar-refractivity contribution in [1.82, 2.24) is 20.1 Å². The van der Waals surface area contributed by atoms with Crippen LogP contribution in [0.4, 0.5) is 4.39 Å². The van der Waals surface area contributed by atoms with E-state index < -0.39 is 0 Å². The van der Waals surface area contributed by atoms with Gasteiger partial charge in [-0.15, -0.1) is 0 Å². The predicted octanol–water partition coefficient (Wildman–Crippen LogP) is 1.52. The molecule has 0 bridgehead atoms. The maximum atomic E-state index is 13.0. The summed E-state index contributed by atoms with van der Waals surface area (Å²) in [5, 5.41) is 5.61. The van der Waals surface area contributed by atoms with Crippen LogP contribution < -0.4 is 16.2 Å². The molecule has 1 aromatic heterocycles. The number of benzene rings is 1. The first-order valence-electron chi connectivity index (χ1n) is 10.1. The number of aromatic nitrogens is 1. The van der Waals surface area contributed by atoms with Crippen LogP contribution in [0.25, 0.3) is 0 Å². The summed E-state index contributed by atoms with van der Waals surface area (Å²) in [6.07, 6.45) is 4.75. The van der Waals surface area contributed by atoms with Crippen LogP contribution in [0.2, 0.25) is 0 Å². The van der Waals surface area contributed by atoms with Crippen molar-refractivity contribution < 1.29 is 14.0 Å². The van der Waals surface area contributed by atoms with Crippen LogP contribution in [0, 0.1) is 5.82 Å². The van der Waals surface area contributed by atoms with Crippen molar-refractivity contribution in [3.8, 4) is 0 Å². The summed E-state index contributed by atoms with van der Waals surface area (Å²) in [5.41, 5.74) is 0.677. The lowest BCUT2D eigenvalue weighted by atomic mass is 10.0. The third-order valence-corrected chi connectivity index (χ3v) is 5.38. The number of likely N-dealkylation sites (N-methyl/N-ethyl adjacent to an activating group) is 1. The van der Waals surface area contributed by atoms with Gasteiger partial charge >= 0.3 is 0 Å². The largest absolute Gasteiger partial charge is 0.353 e. The summed E-state index contributed by atoms with van der Waals surface area (Å²) in [4.78, 5) is 39.1. The zero-order valence-electron chi connectivity index (χ0n) is 17.1. The van der Waals surface area contributed by atoms with E-state index in [1.165, 1.54) is 41.5 Å². The molecule has 160 valence electrons. The summed E-state index contributed by atoms with van der Waals surface area (Å²) in [7, 11) is 2.05. The number of halogens is 1. The number of carbonyl (C=O) groups excluding carboxylic acids is 2. The predicted molar refractivity (Wildman–Crippen MR) is 112 cm³/mol. The van der Waals surface area contributed by atoms with Gasteiger partial charge in [-0.3, -0.25) is 14.4 Å². The maximum absolute atomic E-state index is 13.0. The number of likely N-dealkylation sites (tertiary alicyclic amines) is 1.